The van der Waals surface area contributed by atoms with Gasteiger partial charge in [0.2, 0.25) is 0 Å². The number of anilines is 1. The molecule has 126 valence electrons. The second-order valence-electron chi connectivity index (χ2n) is 5.59. The van der Waals surface area contributed by atoms with Crippen LogP contribution in [0, 0.1) is 0 Å². The van der Waals surface area contributed by atoms with Crippen molar-refractivity contribution in [3.8, 4) is 5.75 Å². The largest absolute Gasteiger partial charge is 0.497 e. The van der Waals surface area contributed by atoms with Gasteiger partial charge in [0.05, 0.1) is 7.11 Å². The van der Waals surface area contributed by atoms with E-state index in [9.17, 15) is 4.79 Å². The number of carbonyl (C=O) groups excluding carboxylic acids is 1. The Kier molecular flexibility index (Phi) is 5.36. The van der Waals surface area contributed by atoms with Crippen LogP contribution in [0.3, 0.4) is 0 Å². The van der Waals surface area contributed by atoms with Crippen LogP contribution in [0.4, 0.5) is 5.69 Å². The average molecular weight is 352 g/mol. The first-order valence-corrected chi connectivity index (χ1v) is 8.30. The molecule has 0 unspecified atom stereocenters. The summed E-state index contributed by atoms with van der Waals surface area (Å²) >= 11 is 5.99. The monoisotopic (exact) mass is 351 g/mol. The van der Waals surface area contributed by atoms with Crippen LogP contribution >= 0.6 is 11.6 Å². The molecule has 0 saturated carbocycles. The highest BCUT2D eigenvalue weighted by molar-refractivity contribution is 6.30. The summed E-state index contributed by atoms with van der Waals surface area (Å²) in [5.41, 5.74) is 2.35. The summed E-state index contributed by atoms with van der Waals surface area (Å²) in [7, 11) is 1.62. The molecule has 1 atom stereocenters. The Labute approximate surface area is 152 Å². The lowest BCUT2D eigenvalue weighted by Gasteiger charge is -2.20. The molecule has 0 aromatic heterocycles. The zero-order valence-electron chi connectivity index (χ0n) is 13.8. The molecular weight excluding hydrogens is 334 g/mol. The van der Waals surface area contributed by atoms with Crippen LogP contribution < -0.4 is 10.1 Å². The highest BCUT2D eigenvalue weighted by Crippen LogP contribution is 2.26. The number of hydrogen-bond donors (Lipinski definition) is 1. The number of Topliss-reactive ketones (excluding diaryl/α,β-unsaturated/α-hetero) is 1. The van der Waals surface area contributed by atoms with Gasteiger partial charge in [-0.05, 0) is 42.0 Å². The third-order valence-electron chi connectivity index (χ3n) is 3.92. The first-order valence-electron chi connectivity index (χ1n) is 7.92. The van der Waals surface area contributed by atoms with E-state index in [0.717, 1.165) is 17.0 Å². The molecule has 1 N–H and O–H groups in total. The minimum Gasteiger partial charge on any atom is -0.497 e. The minimum atomic E-state index is -0.506. The molecule has 0 spiro atoms. The molecular formula is C21H18ClNO2. The van der Waals surface area contributed by atoms with Gasteiger partial charge >= 0.3 is 0 Å². The van der Waals surface area contributed by atoms with Crippen LogP contribution in [0.2, 0.25) is 5.02 Å². The first kappa shape index (κ1) is 17.1. The number of methoxy groups -OCH3 is 1. The lowest BCUT2D eigenvalue weighted by Crippen LogP contribution is -2.21. The summed E-state index contributed by atoms with van der Waals surface area (Å²) in [6.07, 6.45) is 0. The highest BCUT2D eigenvalue weighted by atomic mass is 35.5. The molecule has 25 heavy (non-hydrogen) atoms. The number of halogens is 1. The Morgan fingerprint density at radius 3 is 2.16 bits per heavy atom. The Balaban J connectivity index is 1.93. The van der Waals surface area contributed by atoms with E-state index in [2.05, 4.69) is 5.32 Å². The number of benzene rings is 3. The molecule has 0 saturated heterocycles. The van der Waals surface area contributed by atoms with Gasteiger partial charge < -0.3 is 10.1 Å². The number of carbonyl (C=O) groups is 1. The molecule has 0 radical (unpaired) electrons. The quantitative estimate of drug-likeness (QED) is 0.605. The molecule has 3 rings (SSSR count). The van der Waals surface area contributed by atoms with Crippen molar-refractivity contribution >= 4 is 23.1 Å². The van der Waals surface area contributed by atoms with Gasteiger partial charge in [-0.25, -0.2) is 0 Å². The molecule has 3 aromatic rings. The van der Waals surface area contributed by atoms with Crippen LogP contribution in [-0.2, 0) is 0 Å². The van der Waals surface area contributed by atoms with E-state index in [-0.39, 0.29) is 5.78 Å². The average Bonchev–Trinajstić information content (AvgIpc) is 2.67. The fourth-order valence-corrected chi connectivity index (χ4v) is 2.70. The standard InChI is InChI=1S/C21H18ClNO2/c1-25-19-13-11-18(12-14-19)23-20(15-7-9-17(22)10-8-15)21(24)16-5-3-2-4-6-16/h2-14,20,23H,1H3/t20-/m0/s1. The van der Waals surface area contributed by atoms with E-state index in [4.69, 9.17) is 16.3 Å². The summed E-state index contributed by atoms with van der Waals surface area (Å²) in [5.74, 6) is 0.765. The lowest BCUT2D eigenvalue weighted by molar-refractivity contribution is 0.0969. The first-order chi connectivity index (χ1) is 12.2. The summed E-state index contributed by atoms with van der Waals surface area (Å²) in [5, 5.41) is 3.95. The maximum atomic E-state index is 13.0. The van der Waals surface area contributed by atoms with Gasteiger partial charge in [0.15, 0.2) is 5.78 Å². The van der Waals surface area contributed by atoms with Gasteiger partial charge in [0.1, 0.15) is 11.8 Å². The molecule has 4 heteroatoms. The predicted octanol–water partition coefficient (Wildman–Crippen LogP) is 5.38. The van der Waals surface area contributed by atoms with E-state index in [1.807, 2.05) is 66.7 Å². The number of ketones is 1. The van der Waals surface area contributed by atoms with Gasteiger partial charge in [0, 0.05) is 16.3 Å². The SMILES string of the molecule is COc1ccc(N[C@H](C(=O)c2ccccc2)c2ccc(Cl)cc2)cc1. The normalized spacial score (nSPS) is 11.6. The molecule has 3 nitrogen and oxygen atoms in total. The van der Waals surface area contributed by atoms with Gasteiger partial charge in [-0.15, -0.1) is 0 Å². The lowest BCUT2D eigenvalue weighted by atomic mass is 9.97. The van der Waals surface area contributed by atoms with E-state index in [1.54, 1.807) is 19.2 Å². The molecule has 0 fully saturated rings. The maximum absolute atomic E-state index is 13.0. The van der Waals surface area contributed by atoms with Crippen molar-refractivity contribution in [2.24, 2.45) is 0 Å². The highest BCUT2D eigenvalue weighted by Gasteiger charge is 2.22. The summed E-state index contributed by atoms with van der Waals surface area (Å²) in [4.78, 5) is 13.0. The molecule has 0 aliphatic carbocycles. The van der Waals surface area contributed by atoms with Crippen molar-refractivity contribution in [2.45, 2.75) is 6.04 Å². The minimum absolute atomic E-state index is 0.00117. The van der Waals surface area contributed by atoms with Gasteiger partial charge in [-0.1, -0.05) is 54.1 Å². The Bertz CT molecular complexity index is 830. The van der Waals surface area contributed by atoms with Crippen LogP contribution in [0.15, 0.2) is 78.9 Å². The number of nitrogens with one attached hydrogen (secondary N) is 1. The topological polar surface area (TPSA) is 38.3 Å². The van der Waals surface area contributed by atoms with Crippen LogP contribution in [0.25, 0.3) is 0 Å². The Morgan fingerprint density at radius 1 is 0.920 bits per heavy atom. The van der Waals surface area contributed by atoms with Gasteiger partial charge in [-0.3, -0.25) is 4.79 Å². The number of ether oxygens (including phenoxy) is 1. The third-order valence-corrected chi connectivity index (χ3v) is 4.18. The van der Waals surface area contributed by atoms with E-state index < -0.39 is 6.04 Å². The zero-order valence-corrected chi connectivity index (χ0v) is 14.5. The van der Waals surface area contributed by atoms with Gasteiger partial charge in [0.25, 0.3) is 0 Å². The van der Waals surface area contributed by atoms with Crippen LogP contribution in [-0.4, -0.2) is 12.9 Å². The molecule has 0 amide bonds. The Morgan fingerprint density at radius 2 is 1.56 bits per heavy atom. The summed E-state index contributed by atoms with van der Waals surface area (Å²) in [6.45, 7) is 0. The van der Waals surface area contributed by atoms with Crippen molar-refractivity contribution in [3.05, 3.63) is 95.0 Å². The summed E-state index contributed by atoms with van der Waals surface area (Å²) < 4.78 is 5.18. The molecule has 0 aliphatic rings. The second-order valence-corrected chi connectivity index (χ2v) is 6.02. The molecule has 0 aliphatic heterocycles. The van der Waals surface area contributed by atoms with Crippen molar-refractivity contribution in [1.82, 2.24) is 0 Å². The van der Waals surface area contributed by atoms with Crippen LogP contribution in [0.5, 0.6) is 5.75 Å². The van der Waals surface area contributed by atoms with E-state index in [0.29, 0.717) is 10.6 Å². The van der Waals surface area contributed by atoms with Gasteiger partial charge in [-0.2, -0.15) is 0 Å². The molecule has 0 heterocycles. The maximum Gasteiger partial charge on any atom is 0.189 e. The van der Waals surface area contributed by atoms with Crippen molar-refractivity contribution in [2.75, 3.05) is 12.4 Å². The molecule has 3 aromatic carbocycles. The predicted molar refractivity (Wildman–Crippen MR) is 102 cm³/mol. The van der Waals surface area contributed by atoms with Crippen molar-refractivity contribution < 1.29 is 9.53 Å². The van der Waals surface area contributed by atoms with Crippen molar-refractivity contribution in [3.63, 3.8) is 0 Å². The molecule has 0 bridgehead atoms. The fraction of sp³-hybridized carbons (Fsp3) is 0.0952. The van der Waals surface area contributed by atoms with E-state index >= 15 is 0 Å². The fourth-order valence-electron chi connectivity index (χ4n) is 2.58. The van der Waals surface area contributed by atoms with Crippen molar-refractivity contribution in [1.29, 1.82) is 0 Å². The van der Waals surface area contributed by atoms with Crippen LogP contribution in [0.1, 0.15) is 22.0 Å². The third kappa shape index (κ3) is 4.20. The van der Waals surface area contributed by atoms with E-state index in [1.165, 1.54) is 0 Å². The summed E-state index contributed by atoms with van der Waals surface area (Å²) in [6, 6.07) is 23.5. The smallest absolute Gasteiger partial charge is 0.189 e. The zero-order chi connectivity index (χ0) is 17.6. The Hall–Kier alpha value is -2.78. The number of hydrogen-bond acceptors (Lipinski definition) is 3. The number of rotatable bonds is 6. The second kappa shape index (κ2) is 7.86.